The Balaban J connectivity index is 1.99. The summed E-state index contributed by atoms with van der Waals surface area (Å²) in [6.07, 6.45) is 3.77. The Bertz CT molecular complexity index is 227. The number of urea groups is 1. The average molecular weight is 242 g/mol. The largest absolute Gasteiger partial charge is 0.337 e. The Morgan fingerprint density at radius 1 is 1.47 bits per heavy atom. The van der Waals surface area contributed by atoms with Crippen LogP contribution in [0.4, 0.5) is 4.79 Å². The first kappa shape index (κ1) is 14.3. The molecule has 0 saturated carbocycles. The first-order chi connectivity index (χ1) is 8.09. The highest BCUT2D eigenvalue weighted by atomic mass is 16.2. The van der Waals surface area contributed by atoms with E-state index < -0.39 is 0 Å². The summed E-state index contributed by atoms with van der Waals surface area (Å²) >= 11 is 0. The van der Waals surface area contributed by atoms with Crippen molar-refractivity contribution in [3.8, 4) is 0 Å². The standard InChI is InChI=1S/C12H26N4O/c1-10(9-11-5-4-6-14-11)13-7-8-15-12(17)16(2)3/h10-11,13-14H,4-9H2,1-3H3,(H,15,17). The van der Waals surface area contributed by atoms with Crippen molar-refractivity contribution >= 4 is 6.03 Å². The second-order valence-corrected chi connectivity index (χ2v) is 5.01. The number of carbonyl (C=O) groups excluding carboxylic acids is 1. The van der Waals surface area contributed by atoms with E-state index in [4.69, 9.17) is 0 Å². The zero-order chi connectivity index (χ0) is 12.7. The second kappa shape index (κ2) is 7.50. The minimum atomic E-state index is -0.0306. The van der Waals surface area contributed by atoms with Gasteiger partial charge in [0.15, 0.2) is 0 Å². The molecule has 0 aromatic carbocycles. The van der Waals surface area contributed by atoms with Crippen LogP contribution in [0.15, 0.2) is 0 Å². The third-order valence-corrected chi connectivity index (χ3v) is 3.10. The maximum atomic E-state index is 11.2. The molecule has 0 spiro atoms. The van der Waals surface area contributed by atoms with Crippen LogP contribution in [0.3, 0.4) is 0 Å². The Morgan fingerprint density at radius 2 is 2.24 bits per heavy atom. The smallest absolute Gasteiger partial charge is 0.316 e. The summed E-state index contributed by atoms with van der Waals surface area (Å²) in [4.78, 5) is 12.8. The topological polar surface area (TPSA) is 56.4 Å². The van der Waals surface area contributed by atoms with Crippen LogP contribution in [0.2, 0.25) is 0 Å². The van der Waals surface area contributed by atoms with Crippen molar-refractivity contribution in [2.75, 3.05) is 33.7 Å². The number of nitrogens with one attached hydrogen (secondary N) is 3. The molecule has 100 valence electrons. The molecule has 1 fully saturated rings. The van der Waals surface area contributed by atoms with Crippen molar-refractivity contribution in [2.24, 2.45) is 0 Å². The SMILES string of the molecule is CC(CC1CCCN1)NCCNC(=O)N(C)C. The maximum Gasteiger partial charge on any atom is 0.316 e. The van der Waals surface area contributed by atoms with E-state index in [2.05, 4.69) is 22.9 Å². The molecule has 3 N–H and O–H groups in total. The second-order valence-electron chi connectivity index (χ2n) is 5.01. The lowest BCUT2D eigenvalue weighted by Gasteiger charge is -2.19. The van der Waals surface area contributed by atoms with Gasteiger partial charge < -0.3 is 20.9 Å². The number of hydrogen-bond acceptors (Lipinski definition) is 3. The molecule has 1 saturated heterocycles. The lowest BCUT2D eigenvalue weighted by molar-refractivity contribution is 0.217. The van der Waals surface area contributed by atoms with Gasteiger partial charge in [0.05, 0.1) is 0 Å². The lowest BCUT2D eigenvalue weighted by atomic mass is 10.1. The van der Waals surface area contributed by atoms with Gasteiger partial charge in [-0.3, -0.25) is 0 Å². The van der Waals surface area contributed by atoms with E-state index in [9.17, 15) is 4.79 Å². The average Bonchev–Trinajstić information content (AvgIpc) is 2.76. The molecule has 0 aliphatic carbocycles. The van der Waals surface area contributed by atoms with Gasteiger partial charge in [-0.1, -0.05) is 0 Å². The third kappa shape index (κ3) is 5.89. The predicted octanol–water partition coefficient (Wildman–Crippen LogP) is 0.378. The van der Waals surface area contributed by atoms with Crippen LogP contribution in [-0.4, -0.2) is 56.7 Å². The van der Waals surface area contributed by atoms with Gasteiger partial charge in [-0.05, 0) is 32.7 Å². The van der Waals surface area contributed by atoms with Crippen molar-refractivity contribution in [3.63, 3.8) is 0 Å². The van der Waals surface area contributed by atoms with E-state index in [-0.39, 0.29) is 6.03 Å². The highest BCUT2D eigenvalue weighted by Crippen LogP contribution is 2.10. The minimum absolute atomic E-state index is 0.0306. The summed E-state index contributed by atoms with van der Waals surface area (Å²) in [5, 5.41) is 9.77. The molecule has 0 aromatic rings. The molecular formula is C12H26N4O. The Hall–Kier alpha value is -0.810. The first-order valence-electron chi connectivity index (χ1n) is 6.51. The van der Waals surface area contributed by atoms with Crippen LogP contribution in [0.1, 0.15) is 26.2 Å². The molecular weight excluding hydrogens is 216 g/mol. The van der Waals surface area contributed by atoms with E-state index in [1.165, 1.54) is 19.3 Å². The molecule has 17 heavy (non-hydrogen) atoms. The van der Waals surface area contributed by atoms with Crippen molar-refractivity contribution in [3.05, 3.63) is 0 Å². The summed E-state index contributed by atoms with van der Waals surface area (Å²) in [5.74, 6) is 0. The van der Waals surface area contributed by atoms with Gasteiger partial charge in [0, 0.05) is 39.3 Å². The Labute approximate surface area is 104 Å². The van der Waals surface area contributed by atoms with Crippen LogP contribution < -0.4 is 16.0 Å². The maximum absolute atomic E-state index is 11.2. The summed E-state index contributed by atoms with van der Waals surface area (Å²) in [7, 11) is 3.49. The molecule has 1 aliphatic heterocycles. The van der Waals surface area contributed by atoms with Gasteiger partial charge in [0.1, 0.15) is 0 Å². The summed E-state index contributed by atoms with van der Waals surface area (Å²) in [6, 6.07) is 1.15. The number of rotatable bonds is 6. The van der Waals surface area contributed by atoms with Crippen molar-refractivity contribution in [1.82, 2.24) is 20.9 Å². The predicted molar refractivity (Wildman–Crippen MR) is 70.2 cm³/mol. The quantitative estimate of drug-likeness (QED) is 0.590. The Kier molecular flexibility index (Phi) is 6.29. The molecule has 2 unspecified atom stereocenters. The number of nitrogens with zero attached hydrogens (tertiary/aromatic N) is 1. The molecule has 0 radical (unpaired) electrons. The fraction of sp³-hybridized carbons (Fsp3) is 0.917. The zero-order valence-electron chi connectivity index (χ0n) is 11.3. The summed E-state index contributed by atoms with van der Waals surface area (Å²) < 4.78 is 0. The van der Waals surface area contributed by atoms with E-state index in [1.54, 1.807) is 19.0 Å². The summed E-state index contributed by atoms with van der Waals surface area (Å²) in [5.41, 5.74) is 0. The molecule has 0 aromatic heterocycles. The molecule has 5 nitrogen and oxygen atoms in total. The van der Waals surface area contributed by atoms with E-state index >= 15 is 0 Å². The monoisotopic (exact) mass is 242 g/mol. The summed E-state index contributed by atoms with van der Waals surface area (Å²) in [6.45, 7) is 4.87. The number of hydrogen-bond donors (Lipinski definition) is 3. The van der Waals surface area contributed by atoms with Gasteiger partial charge in [-0.2, -0.15) is 0 Å². The molecule has 2 amide bonds. The molecule has 1 heterocycles. The van der Waals surface area contributed by atoms with Crippen LogP contribution in [0.5, 0.6) is 0 Å². The highest BCUT2D eigenvalue weighted by molar-refractivity contribution is 5.73. The third-order valence-electron chi connectivity index (χ3n) is 3.10. The van der Waals surface area contributed by atoms with E-state index in [0.29, 0.717) is 18.6 Å². The van der Waals surface area contributed by atoms with E-state index in [1.807, 2.05) is 0 Å². The van der Waals surface area contributed by atoms with Crippen molar-refractivity contribution in [2.45, 2.75) is 38.3 Å². The zero-order valence-corrected chi connectivity index (χ0v) is 11.3. The van der Waals surface area contributed by atoms with Crippen LogP contribution >= 0.6 is 0 Å². The van der Waals surface area contributed by atoms with Crippen LogP contribution in [-0.2, 0) is 0 Å². The fourth-order valence-corrected chi connectivity index (χ4v) is 2.11. The van der Waals surface area contributed by atoms with Crippen LogP contribution in [0.25, 0.3) is 0 Å². The molecule has 1 rings (SSSR count). The normalized spacial score (nSPS) is 21.2. The molecule has 5 heteroatoms. The van der Waals surface area contributed by atoms with Gasteiger partial charge in [0.25, 0.3) is 0 Å². The van der Waals surface area contributed by atoms with E-state index in [0.717, 1.165) is 13.1 Å². The molecule has 1 aliphatic rings. The van der Waals surface area contributed by atoms with Gasteiger partial charge in [0.2, 0.25) is 0 Å². The first-order valence-corrected chi connectivity index (χ1v) is 6.51. The van der Waals surface area contributed by atoms with Gasteiger partial charge in [-0.15, -0.1) is 0 Å². The fourth-order valence-electron chi connectivity index (χ4n) is 2.11. The minimum Gasteiger partial charge on any atom is -0.337 e. The van der Waals surface area contributed by atoms with Gasteiger partial charge >= 0.3 is 6.03 Å². The Morgan fingerprint density at radius 3 is 2.82 bits per heavy atom. The lowest BCUT2D eigenvalue weighted by Crippen LogP contribution is -2.41. The molecule has 0 bridgehead atoms. The van der Waals surface area contributed by atoms with Crippen molar-refractivity contribution < 1.29 is 4.79 Å². The van der Waals surface area contributed by atoms with Crippen LogP contribution in [0, 0.1) is 0 Å². The highest BCUT2D eigenvalue weighted by Gasteiger charge is 2.16. The molecule has 2 atom stereocenters. The van der Waals surface area contributed by atoms with Gasteiger partial charge in [-0.25, -0.2) is 4.79 Å². The number of amides is 2. The van der Waals surface area contributed by atoms with Crippen molar-refractivity contribution in [1.29, 1.82) is 0 Å². The number of carbonyl (C=O) groups is 1.